The summed E-state index contributed by atoms with van der Waals surface area (Å²) >= 11 is 3.08. The lowest BCUT2D eigenvalue weighted by molar-refractivity contribution is -0.148. The van der Waals surface area contributed by atoms with Gasteiger partial charge in [-0.25, -0.2) is 4.39 Å². The number of carbonyl (C=O) groups is 2. The first-order valence-corrected chi connectivity index (χ1v) is 8.67. The normalized spacial score (nSPS) is 27.8. The minimum atomic E-state index is -0.504. The van der Waals surface area contributed by atoms with Gasteiger partial charge in [0.05, 0.1) is 30.2 Å². The van der Waals surface area contributed by atoms with Crippen LogP contribution >= 0.6 is 15.9 Å². The minimum absolute atomic E-state index is 0.158. The zero-order valence-electron chi connectivity index (χ0n) is 13.5. The second-order valence-electron chi connectivity index (χ2n) is 6.35. The summed E-state index contributed by atoms with van der Waals surface area (Å²) in [5, 5.41) is 2.95. The SMILES string of the molecule is COC(=O)C1[C@@H]2CC[C@@H](C2)[C@H]1NC(=O)c1cc(Br)c(F)cc1OC. The number of fused-ring (bicyclic) bond motifs is 2. The van der Waals surface area contributed by atoms with Crippen LogP contribution in [0.25, 0.3) is 0 Å². The van der Waals surface area contributed by atoms with E-state index < -0.39 is 5.82 Å². The fraction of sp³-hybridized carbons (Fsp3) is 0.529. The molecular formula is C17H19BrFNO4. The third-order valence-electron chi connectivity index (χ3n) is 5.17. The third-order valence-corrected chi connectivity index (χ3v) is 5.78. The number of rotatable bonds is 4. The first kappa shape index (κ1) is 17.2. The van der Waals surface area contributed by atoms with E-state index >= 15 is 0 Å². The van der Waals surface area contributed by atoms with E-state index in [9.17, 15) is 14.0 Å². The number of hydrogen-bond acceptors (Lipinski definition) is 4. The number of benzene rings is 1. The van der Waals surface area contributed by atoms with Crippen LogP contribution in [0.1, 0.15) is 29.6 Å². The fourth-order valence-electron chi connectivity index (χ4n) is 4.08. The van der Waals surface area contributed by atoms with E-state index in [0.29, 0.717) is 0 Å². The number of esters is 1. The molecule has 0 aliphatic heterocycles. The van der Waals surface area contributed by atoms with Crippen molar-refractivity contribution in [3.63, 3.8) is 0 Å². The number of amides is 1. The topological polar surface area (TPSA) is 64.6 Å². The number of ether oxygens (including phenoxy) is 2. The Kier molecular flexibility index (Phi) is 4.80. The molecule has 2 fully saturated rings. The van der Waals surface area contributed by atoms with Crippen molar-refractivity contribution in [2.75, 3.05) is 14.2 Å². The van der Waals surface area contributed by atoms with E-state index in [1.54, 1.807) is 0 Å². The van der Waals surface area contributed by atoms with Gasteiger partial charge in [-0.2, -0.15) is 0 Å². The van der Waals surface area contributed by atoms with Crippen molar-refractivity contribution in [2.45, 2.75) is 25.3 Å². The second kappa shape index (κ2) is 6.70. The average molecular weight is 400 g/mol. The van der Waals surface area contributed by atoms with Crippen molar-refractivity contribution < 1.29 is 23.5 Å². The van der Waals surface area contributed by atoms with Gasteiger partial charge < -0.3 is 14.8 Å². The highest BCUT2D eigenvalue weighted by molar-refractivity contribution is 9.10. The number of nitrogens with one attached hydrogen (secondary N) is 1. The Bertz CT molecular complexity index is 681. The van der Waals surface area contributed by atoms with Crippen molar-refractivity contribution in [3.8, 4) is 5.75 Å². The van der Waals surface area contributed by atoms with E-state index in [-0.39, 0.29) is 51.5 Å². The molecule has 0 spiro atoms. The lowest BCUT2D eigenvalue weighted by Gasteiger charge is -2.30. The van der Waals surface area contributed by atoms with Crippen molar-refractivity contribution in [3.05, 3.63) is 28.0 Å². The Morgan fingerprint density at radius 2 is 1.96 bits per heavy atom. The summed E-state index contributed by atoms with van der Waals surface area (Å²) in [7, 11) is 2.75. The fourth-order valence-corrected chi connectivity index (χ4v) is 4.42. The number of hydrogen-bond donors (Lipinski definition) is 1. The molecule has 5 nitrogen and oxygen atoms in total. The smallest absolute Gasteiger partial charge is 0.311 e. The third kappa shape index (κ3) is 2.90. The molecule has 2 aliphatic rings. The van der Waals surface area contributed by atoms with Crippen LogP contribution < -0.4 is 10.1 Å². The minimum Gasteiger partial charge on any atom is -0.496 e. The zero-order valence-corrected chi connectivity index (χ0v) is 15.1. The summed E-state index contributed by atoms with van der Waals surface area (Å²) in [4.78, 5) is 24.8. The van der Waals surface area contributed by atoms with E-state index in [1.165, 1.54) is 20.3 Å². The molecule has 0 saturated heterocycles. The molecule has 3 rings (SSSR count). The molecule has 2 aliphatic carbocycles. The maximum Gasteiger partial charge on any atom is 0.311 e. The molecule has 1 aromatic rings. The largest absolute Gasteiger partial charge is 0.496 e. The maximum atomic E-state index is 13.6. The summed E-state index contributed by atoms with van der Waals surface area (Å²) in [6.45, 7) is 0. The van der Waals surface area contributed by atoms with Crippen LogP contribution in [-0.2, 0) is 9.53 Å². The highest BCUT2D eigenvalue weighted by Gasteiger charge is 2.52. The molecule has 0 radical (unpaired) electrons. The highest BCUT2D eigenvalue weighted by Crippen LogP contribution is 2.49. The Hall–Kier alpha value is -1.63. The summed E-state index contributed by atoms with van der Waals surface area (Å²) in [5.41, 5.74) is 0.233. The molecule has 2 bridgehead atoms. The standard InChI is InChI=1S/C17H19BrFNO4/c1-23-13-7-12(19)11(18)6-10(13)16(21)20-15-9-4-3-8(5-9)14(15)17(22)24-2/h6-9,14-15H,3-5H2,1-2H3,(H,20,21)/t8-,9+,14?,15-/m1/s1. The van der Waals surface area contributed by atoms with Gasteiger partial charge in [0, 0.05) is 12.1 Å². The van der Waals surface area contributed by atoms with Crippen LogP contribution in [0.3, 0.4) is 0 Å². The molecule has 1 N–H and O–H groups in total. The van der Waals surface area contributed by atoms with Crippen molar-refractivity contribution >= 4 is 27.8 Å². The lowest BCUT2D eigenvalue weighted by Crippen LogP contribution is -2.47. The van der Waals surface area contributed by atoms with Gasteiger partial charge >= 0.3 is 5.97 Å². The van der Waals surface area contributed by atoms with Crippen LogP contribution in [-0.4, -0.2) is 32.1 Å². The molecule has 1 aromatic carbocycles. The number of methoxy groups -OCH3 is 2. The van der Waals surface area contributed by atoms with E-state index in [2.05, 4.69) is 21.2 Å². The quantitative estimate of drug-likeness (QED) is 0.790. The first-order chi connectivity index (χ1) is 11.5. The molecule has 24 heavy (non-hydrogen) atoms. The molecule has 130 valence electrons. The monoisotopic (exact) mass is 399 g/mol. The second-order valence-corrected chi connectivity index (χ2v) is 7.20. The number of halogens is 2. The summed E-state index contributed by atoms with van der Waals surface area (Å²) in [6.07, 6.45) is 2.91. The van der Waals surface area contributed by atoms with Crippen LogP contribution in [0.4, 0.5) is 4.39 Å². The summed E-state index contributed by atoms with van der Waals surface area (Å²) in [5.74, 6) is -0.777. The van der Waals surface area contributed by atoms with Gasteiger partial charge in [0.25, 0.3) is 5.91 Å². The van der Waals surface area contributed by atoms with Crippen molar-refractivity contribution in [2.24, 2.45) is 17.8 Å². The molecule has 1 unspecified atom stereocenters. The molecule has 0 aromatic heterocycles. The van der Waals surface area contributed by atoms with Gasteiger partial charge in [0.2, 0.25) is 0 Å². The molecule has 0 heterocycles. The Morgan fingerprint density at radius 1 is 1.25 bits per heavy atom. The van der Waals surface area contributed by atoms with Gasteiger partial charge in [-0.05, 0) is 53.1 Å². The predicted molar refractivity (Wildman–Crippen MR) is 88.2 cm³/mol. The van der Waals surface area contributed by atoms with Gasteiger partial charge in [-0.15, -0.1) is 0 Å². The zero-order chi connectivity index (χ0) is 17.4. The van der Waals surface area contributed by atoms with Gasteiger partial charge in [-0.1, -0.05) is 0 Å². The van der Waals surface area contributed by atoms with Crippen molar-refractivity contribution in [1.29, 1.82) is 0 Å². The van der Waals surface area contributed by atoms with Crippen LogP contribution in [0.2, 0.25) is 0 Å². The Balaban J connectivity index is 1.84. The molecule has 7 heteroatoms. The van der Waals surface area contributed by atoms with E-state index in [1.807, 2.05) is 0 Å². The number of carbonyl (C=O) groups excluding carboxylic acids is 2. The van der Waals surface area contributed by atoms with Crippen LogP contribution in [0.5, 0.6) is 5.75 Å². The molecule has 4 atom stereocenters. The predicted octanol–water partition coefficient (Wildman–Crippen LogP) is 2.91. The van der Waals surface area contributed by atoms with Gasteiger partial charge in [0.15, 0.2) is 0 Å². The van der Waals surface area contributed by atoms with Gasteiger partial charge in [-0.3, -0.25) is 9.59 Å². The van der Waals surface area contributed by atoms with E-state index in [4.69, 9.17) is 9.47 Å². The van der Waals surface area contributed by atoms with Gasteiger partial charge in [0.1, 0.15) is 11.6 Å². The lowest BCUT2D eigenvalue weighted by atomic mass is 9.84. The van der Waals surface area contributed by atoms with Crippen LogP contribution in [0.15, 0.2) is 16.6 Å². The Labute approximate surface area is 148 Å². The first-order valence-electron chi connectivity index (χ1n) is 7.88. The van der Waals surface area contributed by atoms with Crippen molar-refractivity contribution in [1.82, 2.24) is 5.32 Å². The maximum absolute atomic E-state index is 13.6. The average Bonchev–Trinajstić information content (AvgIpc) is 3.17. The molecule has 1 amide bonds. The summed E-state index contributed by atoms with van der Waals surface area (Å²) in [6, 6.07) is 2.30. The Morgan fingerprint density at radius 3 is 2.62 bits per heavy atom. The summed E-state index contributed by atoms with van der Waals surface area (Å²) < 4.78 is 23.8. The van der Waals surface area contributed by atoms with E-state index in [0.717, 1.165) is 25.3 Å². The highest BCUT2D eigenvalue weighted by atomic mass is 79.9. The molecule has 2 saturated carbocycles. The molecular weight excluding hydrogens is 381 g/mol. The van der Waals surface area contributed by atoms with Crippen LogP contribution in [0, 0.1) is 23.6 Å².